The van der Waals surface area contributed by atoms with Gasteiger partial charge in [0, 0.05) is 18.0 Å². The monoisotopic (exact) mass is 297 g/mol. The zero-order chi connectivity index (χ0) is 14.4. The van der Waals surface area contributed by atoms with Crippen LogP contribution in [0.3, 0.4) is 0 Å². The maximum Gasteiger partial charge on any atom is 0.153 e. The maximum absolute atomic E-state index is 11.4. The molecule has 1 atom stereocenters. The van der Waals surface area contributed by atoms with Crippen LogP contribution < -0.4 is 0 Å². The maximum atomic E-state index is 11.4. The van der Waals surface area contributed by atoms with Crippen LogP contribution in [-0.4, -0.2) is 21.1 Å². The summed E-state index contributed by atoms with van der Waals surface area (Å²) < 4.78 is 3.06. The first-order chi connectivity index (χ1) is 10.3. The van der Waals surface area contributed by atoms with Gasteiger partial charge in [-0.3, -0.25) is 14.5 Å². The Morgan fingerprint density at radius 2 is 2.33 bits per heavy atom. The van der Waals surface area contributed by atoms with Gasteiger partial charge in [-0.15, -0.1) is 11.3 Å². The van der Waals surface area contributed by atoms with Crippen LogP contribution in [0.2, 0.25) is 0 Å². The molecular weight excluding hydrogens is 282 g/mol. The summed E-state index contributed by atoms with van der Waals surface area (Å²) in [4.78, 5) is 15.8. The van der Waals surface area contributed by atoms with Gasteiger partial charge in [-0.1, -0.05) is 0 Å². The molecule has 1 saturated carbocycles. The highest BCUT2D eigenvalue weighted by atomic mass is 32.1. The van der Waals surface area contributed by atoms with E-state index in [0.717, 1.165) is 27.8 Å². The molecule has 21 heavy (non-hydrogen) atoms. The van der Waals surface area contributed by atoms with Crippen LogP contribution in [0.4, 0.5) is 0 Å². The van der Waals surface area contributed by atoms with Crippen LogP contribution in [0.15, 0.2) is 29.9 Å². The van der Waals surface area contributed by atoms with Crippen LogP contribution in [0, 0.1) is 5.92 Å². The van der Waals surface area contributed by atoms with E-state index in [-0.39, 0.29) is 0 Å². The fourth-order valence-corrected chi connectivity index (χ4v) is 3.48. The molecule has 4 rings (SSSR count). The first-order valence-corrected chi connectivity index (χ1v) is 8.02. The van der Waals surface area contributed by atoms with Gasteiger partial charge in [0.15, 0.2) is 6.29 Å². The molecule has 3 aromatic heterocycles. The number of thiophene rings is 1. The fraction of sp³-hybridized carbons (Fsp3) is 0.312. The van der Waals surface area contributed by atoms with Gasteiger partial charge in [-0.05, 0) is 43.2 Å². The van der Waals surface area contributed by atoms with E-state index in [9.17, 15) is 4.79 Å². The lowest BCUT2D eigenvalue weighted by molar-refractivity contribution is 0.112. The van der Waals surface area contributed by atoms with Crippen molar-refractivity contribution in [1.29, 1.82) is 0 Å². The molecule has 0 bridgehead atoms. The van der Waals surface area contributed by atoms with Crippen molar-refractivity contribution in [3.8, 4) is 11.3 Å². The molecule has 1 fully saturated rings. The van der Waals surface area contributed by atoms with Crippen molar-refractivity contribution in [1.82, 2.24) is 14.8 Å². The standard InChI is InChI=1S/C16H15N3OS/c1-10(11-2-3-11)19-8-13(9-20)16(18-19)12-6-15-14(17-7-12)4-5-21-15/h4-11H,2-3H2,1H3. The average Bonchev–Trinajstić information content (AvgIpc) is 3.10. The molecule has 4 nitrogen and oxygen atoms in total. The van der Waals surface area contributed by atoms with E-state index in [0.29, 0.717) is 17.5 Å². The molecule has 5 heteroatoms. The van der Waals surface area contributed by atoms with Crippen molar-refractivity contribution in [3.05, 3.63) is 35.5 Å². The van der Waals surface area contributed by atoms with E-state index >= 15 is 0 Å². The Morgan fingerprint density at radius 3 is 3.10 bits per heavy atom. The van der Waals surface area contributed by atoms with Crippen LogP contribution >= 0.6 is 11.3 Å². The highest BCUT2D eigenvalue weighted by Crippen LogP contribution is 2.39. The summed E-state index contributed by atoms with van der Waals surface area (Å²) in [5.41, 5.74) is 3.27. The second-order valence-corrected chi connectivity index (χ2v) is 6.58. The highest BCUT2D eigenvalue weighted by Gasteiger charge is 2.30. The Labute approximate surface area is 126 Å². The number of pyridine rings is 1. The first-order valence-electron chi connectivity index (χ1n) is 7.14. The minimum atomic E-state index is 0.357. The third-order valence-electron chi connectivity index (χ3n) is 4.18. The van der Waals surface area contributed by atoms with Crippen molar-refractivity contribution in [3.63, 3.8) is 0 Å². The second-order valence-electron chi connectivity index (χ2n) is 5.64. The van der Waals surface area contributed by atoms with Crippen molar-refractivity contribution >= 4 is 27.8 Å². The highest BCUT2D eigenvalue weighted by molar-refractivity contribution is 7.17. The molecule has 0 spiro atoms. The minimum Gasteiger partial charge on any atom is -0.298 e. The Morgan fingerprint density at radius 1 is 1.48 bits per heavy atom. The second kappa shape index (κ2) is 4.77. The van der Waals surface area contributed by atoms with Crippen LogP contribution in [0.25, 0.3) is 21.5 Å². The summed E-state index contributed by atoms with van der Waals surface area (Å²) in [6.45, 7) is 2.17. The number of rotatable bonds is 4. The number of aromatic nitrogens is 3. The van der Waals surface area contributed by atoms with Gasteiger partial charge in [0.25, 0.3) is 0 Å². The zero-order valence-corrected chi connectivity index (χ0v) is 12.5. The molecule has 0 radical (unpaired) electrons. The van der Waals surface area contributed by atoms with Crippen molar-refractivity contribution in [2.45, 2.75) is 25.8 Å². The Hall–Kier alpha value is -2.01. The molecular formula is C16H15N3OS. The van der Waals surface area contributed by atoms with Crippen molar-refractivity contribution in [2.75, 3.05) is 0 Å². The number of hydrogen-bond donors (Lipinski definition) is 0. The van der Waals surface area contributed by atoms with Crippen LogP contribution in [0.5, 0.6) is 0 Å². The molecule has 0 aliphatic heterocycles. The smallest absolute Gasteiger partial charge is 0.153 e. The molecule has 3 aromatic rings. The lowest BCUT2D eigenvalue weighted by atomic mass is 10.1. The van der Waals surface area contributed by atoms with Gasteiger partial charge in [-0.2, -0.15) is 5.10 Å². The predicted octanol–water partition coefficient (Wildman–Crippen LogP) is 3.94. The topological polar surface area (TPSA) is 47.8 Å². The largest absolute Gasteiger partial charge is 0.298 e. The van der Waals surface area contributed by atoms with E-state index in [1.807, 2.05) is 22.3 Å². The number of carbonyl (C=O) groups is 1. The zero-order valence-electron chi connectivity index (χ0n) is 11.7. The number of nitrogens with zero attached hydrogens (tertiary/aromatic N) is 3. The van der Waals surface area contributed by atoms with Crippen LogP contribution in [0.1, 0.15) is 36.2 Å². The summed E-state index contributed by atoms with van der Waals surface area (Å²) in [6, 6.07) is 4.42. The van der Waals surface area contributed by atoms with E-state index in [2.05, 4.69) is 23.1 Å². The third-order valence-corrected chi connectivity index (χ3v) is 5.04. The average molecular weight is 297 g/mol. The summed E-state index contributed by atoms with van der Waals surface area (Å²) in [5.74, 6) is 0.704. The summed E-state index contributed by atoms with van der Waals surface area (Å²) in [6.07, 6.45) is 7.07. The van der Waals surface area contributed by atoms with Gasteiger partial charge in [-0.25, -0.2) is 0 Å². The molecule has 0 N–H and O–H groups in total. The van der Waals surface area contributed by atoms with Crippen LogP contribution in [-0.2, 0) is 0 Å². The minimum absolute atomic E-state index is 0.357. The van der Waals surface area contributed by atoms with Crippen molar-refractivity contribution < 1.29 is 4.79 Å². The molecule has 0 aromatic carbocycles. The normalized spacial score (nSPS) is 16.2. The fourth-order valence-electron chi connectivity index (χ4n) is 2.70. The molecule has 3 heterocycles. The number of fused-ring (bicyclic) bond motifs is 1. The van der Waals surface area contributed by atoms with E-state index < -0.39 is 0 Å². The third kappa shape index (κ3) is 2.17. The van der Waals surface area contributed by atoms with Gasteiger partial charge in [0.05, 0.1) is 21.8 Å². The lowest BCUT2D eigenvalue weighted by Gasteiger charge is -2.09. The van der Waals surface area contributed by atoms with E-state index in [1.165, 1.54) is 12.8 Å². The van der Waals surface area contributed by atoms with Gasteiger partial charge in [0.2, 0.25) is 0 Å². The van der Waals surface area contributed by atoms with Crippen molar-refractivity contribution in [2.24, 2.45) is 5.92 Å². The molecule has 1 aliphatic rings. The van der Waals surface area contributed by atoms with E-state index in [1.54, 1.807) is 17.5 Å². The lowest BCUT2D eigenvalue weighted by Crippen LogP contribution is -2.07. The molecule has 106 valence electrons. The predicted molar refractivity (Wildman–Crippen MR) is 83.7 cm³/mol. The summed E-state index contributed by atoms with van der Waals surface area (Å²) in [7, 11) is 0. The summed E-state index contributed by atoms with van der Waals surface area (Å²) in [5, 5.41) is 6.68. The molecule has 1 aliphatic carbocycles. The first kappa shape index (κ1) is 12.7. The molecule has 0 saturated heterocycles. The number of carbonyl (C=O) groups excluding carboxylic acids is 1. The SMILES string of the molecule is CC(C1CC1)n1cc(C=O)c(-c2cnc3ccsc3c2)n1. The molecule has 0 amide bonds. The Kier molecular flexibility index (Phi) is 2.89. The quantitative estimate of drug-likeness (QED) is 0.685. The molecule has 1 unspecified atom stereocenters. The summed E-state index contributed by atoms with van der Waals surface area (Å²) >= 11 is 1.65. The van der Waals surface area contributed by atoms with Gasteiger partial charge >= 0.3 is 0 Å². The van der Waals surface area contributed by atoms with E-state index in [4.69, 9.17) is 0 Å². The Balaban J connectivity index is 1.80. The number of hydrogen-bond acceptors (Lipinski definition) is 4. The van der Waals surface area contributed by atoms with Gasteiger partial charge < -0.3 is 0 Å². The number of aldehydes is 1. The Bertz CT molecular complexity index is 816. The van der Waals surface area contributed by atoms with Gasteiger partial charge in [0.1, 0.15) is 5.69 Å².